The first-order chi connectivity index (χ1) is 12.1. The normalized spacial score (nSPS) is 10.4. The van der Waals surface area contributed by atoms with Crippen LogP contribution in [-0.4, -0.2) is 27.0 Å². The minimum absolute atomic E-state index is 0.0691. The Balaban J connectivity index is 1.63. The minimum atomic E-state index is -0.372. The molecule has 1 aromatic carbocycles. The fourth-order valence-electron chi connectivity index (χ4n) is 2.35. The molecule has 0 atom stereocenters. The number of pyridine rings is 1. The standard InChI is InChI=1S/C18H15FN4O2/c19-16-3-1-2-13(8-16)9-18(25)22-17-5-4-14(10-20-17)15-11-21-23(12-15)6-7-24/h1-5,7-8,10-12H,6,9H2,(H,20,22,25). The van der Waals surface area contributed by atoms with Gasteiger partial charge in [0.25, 0.3) is 0 Å². The van der Waals surface area contributed by atoms with Gasteiger partial charge in [-0.3, -0.25) is 9.48 Å². The van der Waals surface area contributed by atoms with E-state index in [1.165, 1.54) is 16.8 Å². The number of nitrogens with zero attached hydrogens (tertiary/aromatic N) is 3. The Kier molecular flexibility index (Phi) is 4.94. The Labute approximate surface area is 143 Å². The van der Waals surface area contributed by atoms with Crippen molar-refractivity contribution in [1.82, 2.24) is 14.8 Å². The highest BCUT2D eigenvalue weighted by Crippen LogP contribution is 2.19. The summed E-state index contributed by atoms with van der Waals surface area (Å²) in [4.78, 5) is 26.7. The molecule has 25 heavy (non-hydrogen) atoms. The Morgan fingerprint density at radius 3 is 2.80 bits per heavy atom. The number of carbonyl (C=O) groups excluding carboxylic acids is 2. The molecule has 6 nitrogen and oxygen atoms in total. The molecule has 7 heteroatoms. The lowest BCUT2D eigenvalue weighted by Crippen LogP contribution is -2.15. The smallest absolute Gasteiger partial charge is 0.229 e. The number of aromatic nitrogens is 3. The lowest BCUT2D eigenvalue weighted by atomic mass is 10.1. The van der Waals surface area contributed by atoms with Crippen LogP contribution in [0.15, 0.2) is 55.0 Å². The number of hydrogen-bond acceptors (Lipinski definition) is 4. The van der Waals surface area contributed by atoms with Crippen LogP contribution in [0.5, 0.6) is 0 Å². The number of anilines is 1. The van der Waals surface area contributed by atoms with Crippen LogP contribution in [0, 0.1) is 5.82 Å². The second-order valence-corrected chi connectivity index (χ2v) is 5.40. The Bertz CT molecular complexity index is 890. The largest absolute Gasteiger partial charge is 0.310 e. The summed E-state index contributed by atoms with van der Waals surface area (Å²) in [6.45, 7) is 0.196. The molecule has 0 aliphatic heterocycles. The molecule has 3 rings (SSSR count). The Hall–Kier alpha value is -3.35. The highest BCUT2D eigenvalue weighted by atomic mass is 19.1. The van der Waals surface area contributed by atoms with Gasteiger partial charge in [0.05, 0.1) is 19.2 Å². The third-order valence-corrected chi connectivity index (χ3v) is 3.51. The number of hydrogen-bond donors (Lipinski definition) is 1. The average Bonchev–Trinajstić information content (AvgIpc) is 3.04. The van der Waals surface area contributed by atoms with Crippen molar-refractivity contribution >= 4 is 18.0 Å². The SMILES string of the molecule is O=CCn1cc(-c2ccc(NC(=O)Cc3cccc(F)c3)nc2)cn1. The lowest BCUT2D eigenvalue weighted by molar-refractivity contribution is -0.115. The molecule has 0 bridgehead atoms. The van der Waals surface area contributed by atoms with Gasteiger partial charge in [-0.05, 0) is 29.8 Å². The van der Waals surface area contributed by atoms with Gasteiger partial charge in [-0.2, -0.15) is 5.10 Å². The zero-order valence-corrected chi connectivity index (χ0v) is 13.2. The van der Waals surface area contributed by atoms with Crippen molar-refractivity contribution in [1.29, 1.82) is 0 Å². The minimum Gasteiger partial charge on any atom is -0.310 e. The summed E-state index contributed by atoms with van der Waals surface area (Å²) in [5.41, 5.74) is 2.24. The van der Waals surface area contributed by atoms with E-state index in [9.17, 15) is 14.0 Å². The highest BCUT2D eigenvalue weighted by molar-refractivity contribution is 5.91. The molecule has 0 saturated carbocycles. The molecule has 1 N–H and O–H groups in total. The van der Waals surface area contributed by atoms with E-state index in [0.29, 0.717) is 11.4 Å². The monoisotopic (exact) mass is 338 g/mol. The molecule has 3 aromatic rings. The number of halogens is 1. The molecule has 2 heterocycles. The van der Waals surface area contributed by atoms with Gasteiger partial charge in [0.2, 0.25) is 5.91 Å². The molecule has 126 valence electrons. The summed E-state index contributed by atoms with van der Waals surface area (Å²) in [7, 11) is 0. The maximum absolute atomic E-state index is 13.1. The molecule has 0 aliphatic rings. The summed E-state index contributed by atoms with van der Waals surface area (Å²) in [5.74, 6) is -0.238. The lowest BCUT2D eigenvalue weighted by Gasteiger charge is -2.05. The van der Waals surface area contributed by atoms with E-state index in [1.54, 1.807) is 42.9 Å². The van der Waals surface area contributed by atoms with E-state index < -0.39 is 0 Å². The number of amides is 1. The topological polar surface area (TPSA) is 76.9 Å². The number of benzene rings is 1. The number of aldehydes is 1. The van der Waals surface area contributed by atoms with Crippen molar-refractivity contribution in [3.8, 4) is 11.1 Å². The van der Waals surface area contributed by atoms with Crippen LogP contribution in [0.25, 0.3) is 11.1 Å². The molecule has 0 fully saturated rings. The second kappa shape index (κ2) is 7.48. The average molecular weight is 338 g/mol. The van der Waals surface area contributed by atoms with Crippen molar-refractivity contribution < 1.29 is 14.0 Å². The second-order valence-electron chi connectivity index (χ2n) is 5.40. The molecule has 0 unspecified atom stereocenters. The van der Waals surface area contributed by atoms with E-state index >= 15 is 0 Å². The molecule has 1 amide bonds. The van der Waals surface area contributed by atoms with Gasteiger partial charge in [0.1, 0.15) is 17.9 Å². The van der Waals surface area contributed by atoms with Gasteiger partial charge >= 0.3 is 0 Å². The predicted molar refractivity (Wildman–Crippen MR) is 90.3 cm³/mol. The van der Waals surface area contributed by atoms with Crippen molar-refractivity contribution in [3.05, 3.63) is 66.4 Å². The fraction of sp³-hybridized carbons (Fsp3) is 0.111. The highest BCUT2D eigenvalue weighted by Gasteiger charge is 2.07. The van der Waals surface area contributed by atoms with Gasteiger partial charge in [0.15, 0.2) is 0 Å². The molecular formula is C18H15FN4O2. The third-order valence-electron chi connectivity index (χ3n) is 3.51. The molecule has 0 radical (unpaired) electrons. The van der Waals surface area contributed by atoms with Crippen LogP contribution < -0.4 is 5.32 Å². The van der Waals surface area contributed by atoms with E-state index in [4.69, 9.17) is 0 Å². The van der Waals surface area contributed by atoms with Crippen LogP contribution in [0.3, 0.4) is 0 Å². The zero-order chi connectivity index (χ0) is 17.6. The van der Waals surface area contributed by atoms with Gasteiger partial charge < -0.3 is 10.1 Å². The van der Waals surface area contributed by atoms with Gasteiger partial charge in [0, 0.05) is 23.5 Å². The van der Waals surface area contributed by atoms with Crippen molar-refractivity contribution in [2.75, 3.05) is 5.32 Å². The van der Waals surface area contributed by atoms with E-state index in [-0.39, 0.29) is 24.7 Å². The predicted octanol–water partition coefficient (Wildman–Crippen LogP) is 2.46. The summed E-state index contributed by atoms with van der Waals surface area (Å²) in [6, 6.07) is 9.39. The maximum atomic E-state index is 13.1. The maximum Gasteiger partial charge on any atom is 0.229 e. The number of carbonyl (C=O) groups is 2. The van der Waals surface area contributed by atoms with E-state index in [1.807, 2.05) is 0 Å². The van der Waals surface area contributed by atoms with Crippen molar-refractivity contribution in [2.45, 2.75) is 13.0 Å². The van der Waals surface area contributed by atoms with Crippen LogP contribution in [0.4, 0.5) is 10.2 Å². The summed E-state index contributed by atoms with van der Waals surface area (Å²) in [5, 5.41) is 6.74. The van der Waals surface area contributed by atoms with Crippen LogP contribution in [-0.2, 0) is 22.6 Å². The zero-order valence-electron chi connectivity index (χ0n) is 13.2. The molecule has 0 saturated heterocycles. The number of nitrogens with one attached hydrogen (secondary N) is 1. The fourth-order valence-corrected chi connectivity index (χ4v) is 2.35. The number of rotatable bonds is 6. The summed E-state index contributed by atoms with van der Waals surface area (Å²) >= 11 is 0. The third kappa shape index (κ3) is 4.35. The quantitative estimate of drug-likeness (QED) is 0.701. The summed E-state index contributed by atoms with van der Waals surface area (Å²) in [6.07, 6.45) is 5.84. The Morgan fingerprint density at radius 2 is 2.08 bits per heavy atom. The molecule has 0 spiro atoms. The van der Waals surface area contributed by atoms with Crippen LogP contribution in [0.1, 0.15) is 5.56 Å². The van der Waals surface area contributed by atoms with Crippen LogP contribution >= 0.6 is 0 Å². The van der Waals surface area contributed by atoms with Crippen LogP contribution in [0.2, 0.25) is 0 Å². The van der Waals surface area contributed by atoms with E-state index in [0.717, 1.165) is 17.4 Å². The van der Waals surface area contributed by atoms with Crippen molar-refractivity contribution in [3.63, 3.8) is 0 Å². The first kappa shape index (κ1) is 16.5. The Morgan fingerprint density at radius 1 is 1.20 bits per heavy atom. The van der Waals surface area contributed by atoms with E-state index in [2.05, 4.69) is 15.4 Å². The van der Waals surface area contributed by atoms with Gasteiger partial charge in [-0.15, -0.1) is 0 Å². The first-order valence-corrected chi connectivity index (χ1v) is 7.61. The molecular weight excluding hydrogens is 323 g/mol. The van der Waals surface area contributed by atoms with Gasteiger partial charge in [-0.25, -0.2) is 9.37 Å². The first-order valence-electron chi connectivity index (χ1n) is 7.61. The van der Waals surface area contributed by atoms with Gasteiger partial charge in [-0.1, -0.05) is 12.1 Å². The molecule has 0 aliphatic carbocycles. The summed E-state index contributed by atoms with van der Waals surface area (Å²) < 4.78 is 14.7. The molecule has 2 aromatic heterocycles. The van der Waals surface area contributed by atoms with Crippen molar-refractivity contribution in [2.24, 2.45) is 0 Å².